The fourth-order valence-corrected chi connectivity index (χ4v) is 5.11. The quantitative estimate of drug-likeness (QED) is 0.663. The van der Waals surface area contributed by atoms with Gasteiger partial charge in [-0.25, -0.2) is 0 Å². The third-order valence-corrected chi connectivity index (χ3v) is 5.99. The Labute approximate surface area is 132 Å². The summed E-state index contributed by atoms with van der Waals surface area (Å²) >= 11 is 1.89. The van der Waals surface area contributed by atoms with Crippen molar-refractivity contribution >= 4 is 11.8 Å². The van der Waals surface area contributed by atoms with E-state index in [2.05, 4.69) is 37.5 Å². The highest BCUT2D eigenvalue weighted by Crippen LogP contribution is 2.40. The van der Waals surface area contributed by atoms with Crippen molar-refractivity contribution in [3.05, 3.63) is 24.3 Å². The van der Waals surface area contributed by atoms with Gasteiger partial charge in [0.1, 0.15) is 11.9 Å². The highest BCUT2D eigenvalue weighted by molar-refractivity contribution is 7.99. The lowest BCUT2D eigenvalue weighted by Gasteiger charge is -2.40. The van der Waals surface area contributed by atoms with Gasteiger partial charge < -0.3 is 4.74 Å². The number of nitrogens with two attached hydrogens (primary N) is 1. The molecule has 2 aliphatic rings. The number of benzene rings is 1. The predicted molar refractivity (Wildman–Crippen MR) is 88.4 cm³/mol. The van der Waals surface area contributed by atoms with E-state index in [1.54, 1.807) is 0 Å². The van der Waals surface area contributed by atoms with Gasteiger partial charge in [-0.1, -0.05) is 26.0 Å². The van der Waals surface area contributed by atoms with Crippen LogP contribution in [0, 0.1) is 17.8 Å². The van der Waals surface area contributed by atoms with Crippen molar-refractivity contribution in [3.8, 4) is 5.75 Å². The van der Waals surface area contributed by atoms with Crippen molar-refractivity contribution in [1.82, 2.24) is 5.43 Å². The largest absolute Gasteiger partial charge is 0.487 e. The molecule has 1 aromatic carbocycles. The Morgan fingerprint density at radius 2 is 1.90 bits per heavy atom. The third-order valence-electron chi connectivity index (χ3n) is 4.85. The van der Waals surface area contributed by atoms with E-state index in [1.807, 2.05) is 17.8 Å². The summed E-state index contributed by atoms with van der Waals surface area (Å²) in [5.41, 5.74) is 3.08. The number of para-hydroxylation sites is 1. The van der Waals surface area contributed by atoms with E-state index in [9.17, 15) is 0 Å². The van der Waals surface area contributed by atoms with Crippen molar-refractivity contribution < 1.29 is 4.74 Å². The molecule has 1 saturated carbocycles. The van der Waals surface area contributed by atoms with Crippen LogP contribution in [0.3, 0.4) is 0 Å². The first-order valence-corrected chi connectivity index (χ1v) is 9.00. The molecule has 0 saturated heterocycles. The Balaban J connectivity index is 1.72. The zero-order chi connectivity index (χ0) is 14.8. The molecule has 1 aliphatic carbocycles. The molecule has 1 heterocycles. The Morgan fingerprint density at radius 1 is 1.19 bits per heavy atom. The molecule has 4 atom stereocenters. The first-order chi connectivity index (χ1) is 10.2. The minimum absolute atomic E-state index is 0.164. The Bertz CT molecular complexity index is 472. The molecule has 3 N–H and O–H groups in total. The molecule has 0 spiro atoms. The average molecular weight is 306 g/mol. The number of nitrogens with one attached hydrogen (secondary N) is 1. The van der Waals surface area contributed by atoms with Gasteiger partial charge in [-0.05, 0) is 49.1 Å². The Hall–Kier alpha value is -0.710. The van der Waals surface area contributed by atoms with Crippen LogP contribution in [-0.4, -0.2) is 17.9 Å². The summed E-state index contributed by atoms with van der Waals surface area (Å²) in [6.07, 6.45) is 4.02. The van der Waals surface area contributed by atoms with Gasteiger partial charge in [-0.2, -0.15) is 0 Å². The second-order valence-electron chi connectivity index (χ2n) is 6.78. The molecule has 4 unspecified atom stereocenters. The van der Waals surface area contributed by atoms with Gasteiger partial charge in [0.15, 0.2) is 0 Å². The smallest absolute Gasteiger partial charge is 0.133 e. The molecule has 0 aromatic heterocycles. The normalized spacial score (nSPS) is 33.9. The van der Waals surface area contributed by atoms with E-state index < -0.39 is 0 Å². The van der Waals surface area contributed by atoms with E-state index in [0.29, 0.717) is 5.92 Å². The summed E-state index contributed by atoms with van der Waals surface area (Å²) in [5.74, 6) is 10.1. The van der Waals surface area contributed by atoms with Gasteiger partial charge >= 0.3 is 0 Å². The van der Waals surface area contributed by atoms with Crippen LogP contribution in [0.25, 0.3) is 0 Å². The molecule has 3 rings (SSSR count). The van der Waals surface area contributed by atoms with Crippen molar-refractivity contribution in [2.75, 3.05) is 5.75 Å². The second kappa shape index (κ2) is 6.59. The predicted octanol–water partition coefficient (Wildman–Crippen LogP) is 3.44. The molecule has 1 fully saturated rings. The van der Waals surface area contributed by atoms with Gasteiger partial charge in [0.05, 0.1) is 6.04 Å². The van der Waals surface area contributed by atoms with Crippen molar-refractivity contribution in [1.29, 1.82) is 0 Å². The number of fused-ring (bicyclic) bond motifs is 1. The van der Waals surface area contributed by atoms with Crippen LogP contribution in [0.15, 0.2) is 29.2 Å². The van der Waals surface area contributed by atoms with Crippen LogP contribution in [0.2, 0.25) is 0 Å². The van der Waals surface area contributed by atoms with Crippen molar-refractivity contribution in [2.24, 2.45) is 23.6 Å². The second-order valence-corrected chi connectivity index (χ2v) is 7.85. The highest BCUT2D eigenvalue weighted by Gasteiger charge is 2.36. The lowest BCUT2D eigenvalue weighted by molar-refractivity contribution is 0.0898. The topological polar surface area (TPSA) is 47.3 Å². The summed E-state index contributed by atoms with van der Waals surface area (Å²) in [5, 5.41) is 0. The molecular weight excluding hydrogens is 280 g/mol. The fourth-order valence-electron chi connectivity index (χ4n) is 4.06. The zero-order valence-corrected chi connectivity index (χ0v) is 13.7. The van der Waals surface area contributed by atoms with Gasteiger partial charge in [0.25, 0.3) is 0 Å². The van der Waals surface area contributed by atoms with Gasteiger partial charge in [-0.15, -0.1) is 11.8 Å². The van der Waals surface area contributed by atoms with Crippen LogP contribution >= 0.6 is 11.8 Å². The van der Waals surface area contributed by atoms with Gasteiger partial charge in [-0.3, -0.25) is 11.3 Å². The number of hydrogen-bond donors (Lipinski definition) is 2. The number of hydrazine groups is 1. The fraction of sp³-hybridized carbons (Fsp3) is 0.647. The van der Waals surface area contributed by atoms with Gasteiger partial charge in [0.2, 0.25) is 0 Å². The molecule has 3 nitrogen and oxygen atoms in total. The first-order valence-electron chi connectivity index (χ1n) is 8.02. The molecule has 116 valence electrons. The SMILES string of the molecule is CC1CC(C)CC(C(NN)C2CSc3ccccc3O2)C1. The maximum Gasteiger partial charge on any atom is 0.133 e. The van der Waals surface area contributed by atoms with Crippen LogP contribution in [0.1, 0.15) is 33.1 Å². The Kier molecular flexibility index (Phi) is 4.77. The van der Waals surface area contributed by atoms with E-state index in [0.717, 1.165) is 23.3 Å². The van der Waals surface area contributed by atoms with E-state index in [4.69, 9.17) is 10.6 Å². The lowest BCUT2D eigenvalue weighted by Crippen LogP contribution is -2.54. The monoisotopic (exact) mass is 306 g/mol. The summed E-state index contributed by atoms with van der Waals surface area (Å²) in [7, 11) is 0. The molecule has 0 bridgehead atoms. The standard InChI is InChI=1S/C17H26N2OS/c1-11-7-12(2)9-13(8-11)17(19-18)15-10-21-16-6-4-3-5-14(16)20-15/h3-6,11-13,15,17,19H,7-10,18H2,1-2H3. The van der Waals surface area contributed by atoms with Crippen molar-refractivity contribution in [3.63, 3.8) is 0 Å². The first kappa shape index (κ1) is 15.2. The molecule has 1 aliphatic heterocycles. The molecule has 1 aromatic rings. The van der Waals surface area contributed by atoms with Crippen LogP contribution in [0.5, 0.6) is 5.75 Å². The molecular formula is C17H26N2OS. The number of thioether (sulfide) groups is 1. The molecule has 21 heavy (non-hydrogen) atoms. The highest BCUT2D eigenvalue weighted by atomic mass is 32.2. The van der Waals surface area contributed by atoms with Crippen molar-refractivity contribution in [2.45, 2.75) is 50.2 Å². The van der Waals surface area contributed by atoms with E-state index in [-0.39, 0.29) is 12.1 Å². The van der Waals surface area contributed by atoms with Crippen LogP contribution in [-0.2, 0) is 0 Å². The van der Waals surface area contributed by atoms with E-state index >= 15 is 0 Å². The number of ether oxygens (including phenoxy) is 1. The van der Waals surface area contributed by atoms with Gasteiger partial charge in [0, 0.05) is 10.6 Å². The summed E-state index contributed by atoms with van der Waals surface area (Å²) in [4.78, 5) is 1.25. The zero-order valence-electron chi connectivity index (χ0n) is 12.9. The summed E-state index contributed by atoms with van der Waals surface area (Å²) < 4.78 is 6.25. The lowest BCUT2D eigenvalue weighted by atomic mass is 9.73. The van der Waals surface area contributed by atoms with Crippen LogP contribution in [0.4, 0.5) is 0 Å². The number of rotatable bonds is 3. The molecule has 0 radical (unpaired) electrons. The van der Waals surface area contributed by atoms with E-state index in [1.165, 1.54) is 24.2 Å². The third kappa shape index (κ3) is 3.38. The number of hydrogen-bond acceptors (Lipinski definition) is 4. The Morgan fingerprint density at radius 3 is 2.62 bits per heavy atom. The van der Waals surface area contributed by atoms with Crippen LogP contribution < -0.4 is 16.0 Å². The molecule has 0 amide bonds. The minimum Gasteiger partial charge on any atom is -0.487 e. The minimum atomic E-state index is 0.164. The maximum absolute atomic E-state index is 6.25. The average Bonchev–Trinajstić information content (AvgIpc) is 2.47. The summed E-state index contributed by atoms with van der Waals surface area (Å²) in [6, 6.07) is 8.55. The summed E-state index contributed by atoms with van der Waals surface area (Å²) in [6.45, 7) is 4.73. The molecule has 4 heteroatoms. The maximum atomic E-state index is 6.25.